The van der Waals surface area contributed by atoms with E-state index < -0.39 is 0 Å². The number of nitrogens with two attached hydrogens (primary N) is 2. The quantitative estimate of drug-likeness (QED) is 0.0938. The molecule has 0 aliphatic carbocycles. The Hall–Kier alpha value is -0.280. The van der Waals surface area contributed by atoms with Crippen LogP contribution in [0.3, 0.4) is 0 Å². The summed E-state index contributed by atoms with van der Waals surface area (Å²) >= 11 is 0. The highest BCUT2D eigenvalue weighted by atomic mass is 15.1. The SMILES string of the molecule is CC(C)CCNCCCCN(CCNCC(CCCNCCC(C)N)NCCC(C)C)CCC(C)N. The molecule has 7 nitrogen and oxygen atoms in total. The van der Waals surface area contributed by atoms with E-state index in [1.54, 1.807) is 0 Å². The smallest absolute Gasteiger partial charge is 0.0192 e. The first-order valence-corrected chi connectivity index (χ1v) is 15.3. The summed E-state index contributed by atoms with van der Waals surface area (Å²) in [6.07, 6.45) is 9.53. The standard InChI is InChI=1S/C29H67N7/c1-25(2)11-17-32-15-7-8-21-36(22-14-28(6)31)23-20-34-24-29(35-19-12-26(3)4)10-9-16-33-18-13-27(5)30/h25-29,32-35H,7-24,30-31H2,1-6H3. The lowest BCUT2D eigenvalue weighted by Gasteiger charge is -2.25. The maximum Gasteiger partial charge on any atom is 0.0192 e. The highest BCUT2D eigenvalue weighted by Crippen LogP contribution is 2.02. The fraction of sp³-hybridized carbons (Fsp3) is 1.00. The van der Waals surface area contributed by atoms with E-state index in [0.717, 1.165) is 83.6 Å². The van der Waals surface area contributed by atoms with Crippen LogP contribution in [-0.4, -0.2) is 88.5 Å². The number of hydrogen-bond donors (Lipinski definition) is 6. The van der Waals surface area contributed by atoms with Gasteiger partial charge in [-0.25, -0.2) is 0 Å². The lowest BCUT2D eigenvalue weighted by Crippen LogP contribution is -2.42. The highest BCUT2D eigenvalue weighted by Gasteiger charge is 2.10. The molecule has 0 amide bonds. The number of hydrogen-bond acceptors (Lipinski definition) is 7. The van der Waals surface area contributed by atoms with Crippen LogP contribution in [0.1, 0.15) is 92.9 Å². The molecule has 218 valence electrons. The van der Waals surface area contributed by atoms with Crippen molar-refractivity contribution in [1.82, 2.24) is 26.2 Å². The van der Waals surface area contributed by atoms with Crippen LogP contribution in [0.2, 0.25) is 0 Å². The second-order valence-corrected chi connectivity index (χ2v) is 11.9. The average molecular weight is 514 g/mol. The van der Waals surface area contributed by atoms with Crippen LogP contribution in [0.4, 0.5) is 0 Å². The molecular weight excluding hydrogens is 446 g/mol. The maximum atomic E-state index is 6.06. The van der Waals surface area contributed by atoms with Gasteiger partial charge in [-0.1, -0.05) is 27.7 Å². The summed E-state index contributed by atoms with van der Waals surface area (Å²) in [5.41, 5.74) is 11.9. The summed E-state index contributed by atoms with van der Waals surface area (Å²) in [4.78, 5) is 2.61. The first-order chi connectivity index (χ1) is 17.2. The van der Waals surface area contributed by atoms with Crippen molar-refractivity contribution >= 4 is 0 Å². The average Bonchev–Trinajstić information content (AvgIpc) is 2.79. The summed E-state index contributed by atoms with van der Waals surface area (Å²) in [7, 11) is 0. The molecule has 0 radical (unpaired) electrons. The minimum Gasteiger partial charge on any atom is -0.328 e. The Kier molecular flexibility index (Phi) is 24.8. The van der Waals surface area contributed by atoms with Gasteiger partial charge in [0.2, 0.25) is 0 Å². The lowest BCUT2D eigenvalue weighted by molar-refractivity contribution is 0.256. The molecule has 0 spiro atoms. The molecule has 3 unspecified atom stereocenters. The van der Waals surface area contributed by atoms with Crippen molar-refractivity contribution in [2.24, 2.45) is 23.3 Å². The third-order valence-electron chi connectivity index (χ3n) is 6.71. The van der Waals surface area contributed by atoms with E-state index in [0.29, 0.717) is 6.04 Å². The van der Waals surface area contributed by atoms with Gasteiger partial charge < -0.3 is 37.6 Å². The second-order valence-electron chi connectivity index (χ2n) is 11.9. The molecule has 0 aliphatic heterocycles. The Bertz CT molecular complexity index is 443. The van der Waals surface area contributed by atoms with Crippen LogP contribution in [0, 0.1) is 11.8 Å². The molecule has 36 heavy (non-hydrogen) atoms. The van der Waals surface area contributed by atoms with E-state index in [9.17, 15) is 0 Å². The zero-order chi connectivity index (χ0) is 27.0. The molecule has 0 bridgehead atoms. The number of nitrogens with zero attached hydrogens (tertiary/aromatic N) is 1. The van der Waals surface area contributed by atoms with Gasteiger partial charge in [-0.3, -0.25) is 0 Å². The molecule has 0 aromatic heterocycles. The van der Waals surface area contributed by atoms with E-state index in [4.69, 9.17) is 11.5 Å². The van der Waals surface area contributed by atoms with Crippen LogP contribution in [0.5, 0.6) is 0 Å². The predicted octanol–water partition coefficient (Wildman–Crippen LogP) is 3.14. The summed E-state index contributed by atoms with van der Waals surface area (Å²) < 4.78 is 0. The molecule has 0 aromatic rings. The Morgan fingerprint density at radius 3 is 1.78 bits per heavy atom. The molecule has 0 heterocycles. The molecule has 3 atom stereocenters. The molecule has 0 aliphatic rings. The van der Waals surface area contributed by atoms with Crippen LogP contribution in [0.25, 0.3) is 0 Å². The number of rotatable bonds is 27. The normalized spacial score (nSPS) is 14.8. The zero-order valence-corrected chi connectivity index (χ0v) is 25.2. The van der Waals surface area contributed by atoms with Crippen molar-refractivity contribution in [3.63, 3.8) is 0 Å². The predicted molar refractivity (Wildman–Crippen MR) is 161 cm³/mol. The first-order valence-electron chi connectivity index (χ1n) is 15.3. The van der Waals surface area contributed by atoms with Gasteiger partial charge >= 0.3 is 0 Å². The molecule has 0 aromatic carbocycles. The summed E-state index contributed by atoms with van der Waals surface area (Å²) in [6, 6.07) is 1.09. The van der Waals surface area contributed by atoms with Crippen LogP contribution in [0.15, 0.2) is 0 Å². The molecule has 7 heteroatoms. The van der Waals surface area contributed by atoms with Gasteiger partial charge in [0, 0.05) is 37.8 Å². The van der Waals surface area contributed by atoms with Gasteiger partial charge in [0.25, 0.3) is 0 Å². The van der Waals surface area contributed by atoms with E-state index in [-0.39, 0.29) is 12.1 Å². The van der Waals surface area contributed by atoms with Gasteiger partial charge in [0.15, 0.2) is 0 Å². The van der Waals surface area contributed by atoms with Crippen LogP contribution < -0.4 is 32.7 Å². The second kappa shape index (κ2) is 25.0. The van der Waals surface area contributed by atoms with E-state index in [1.165, 1.54) is 45.1 Å². The molecule has 0 fully saturated rings. The minimum absolute atomic E-state index is 0.273. The molecule has 0 rings (SSSR count). The Labute approximate surface area is 226 Å². The van der Waals surface area contributed by atoms with Gasteiger partial charge in [-0.05, 0) is 123 Å². The lowest BCUT2D eigenvalue weighted by atomic mass is 10.1. The third kappa shape index (κ3) is 26.8. The third-order valence-corrected chi connectivity index (χ3v) is 6.71. The van der Waals surface area contributed by atoms with Gasteiger partial charge in [-0.15, -0.1) is 0 Å². The van der Waals surface area contributed by atoms with Crippen LogP contribution in [-0.2, 0) is 0 Å². The van der Waals surface area contributed by atoms with Gasteiger partial charge in [0.1, 0.15) is 0 Å². The van der Waals surface area contributed by atoms with Crippen molar-refractivity contribution in [3.8, 4) is 0 Å². The fourth-order valence-corrected chi connectivity index (χ4v) is 4.12. The largest absolute Gasteiger partial charge is 0.328 e. The Morgan fingerprint density at radius 1 is 0.528 bits per heavy atom. The van der Waals surface area contributed by atoms with Gasteiger partial charge in [0.05, 0.1) is 0 Å². The molecule has 0 saturated carbocycles. The van der Waals surface area contributed by atoms with E-state index in [2.05, 4.69) is 67.7 Å². The Morgan fingerprint density at radius 2 is 1.14 bits per heavy atom. The first kappa shape index (κ1) is 35.7. The van der Waals surface area contributed by atoms with E-state index >= 15 is 0 Å². The zero-order valence-electron chi connectivity index (χ0n) is 25.2. The summed E-state index contributed by atoms with van der Waals surface area (Å²) in [5, 5.41) is 14.7. The number of unbranched alkanes of at least 4 members (excludes halogenated alkanes) is 1. The topological polar surface area (TPSA) is 103 Å². The summed E-state index contributed by atoms with van der Waals surface area (Å²) in [5.74, 6) is 1.53. The monoisotopic (exact) mass is 514 g/mol. The molecule has 0 saturated heterocycles. The van der Waals surface area contributed by atoms with Crippen molar-refractivity contribution in [2.45, 2.75) is 111 Å². The van der Waals surface area contributed by atoms with Crippen molar-refractivity contribution in [1.29, 1.82) is 0 Å². The van der Waals surface area contributed by atoms with Crippen molar-refractivity contribution < 1.29 is 0 Å². The fourth-order valence-electron chi connectivity index (χ4n) is 4.12. The summed E-state index contributed by atoms with van der Waals surface area (Å²) in [6.45, 7) is 24.3. The molecule has 8 N–H and O–H groups in total. The minimum atomic E-state index is 0.273. The van der Waals surface area contributed by atoms with Crippen molar-refractivity contribution in [2.75, 3.05) is 65.4 Å². The van der Waals surface area contributed by atoms with Crippen LogP contribution >= 0.6 is 0 Å². The van der Waals surface area contributed by atoms with Crippen molar-refractivity contribution in [3.05, 3.63) is 0 Å². The Balaban J connectivity index is 4.28. The molecular formula is C29H67N7. The number of nitrogens with one attached hydrogen (secondary N) is 4. The highest BCUT2D eigenvalue weighted by molar-refractivity contribution is 4.72. The van der Waals surface area contributed by atoms with E-state index in [1.807, 2.05) is 0 Å². The van der Waals surface area contributed by atoms with Gasteiger partial charge in [-0.2, -0.15) is 0 Å². The maximum absolute atomic E-state index is 6.06.